The van der Waals surface area contributed by atoms with Crippen molar-refractivity contribution in [1.82, 2.24) is 4.57 Å². The van der Waals surface area contributed by atoms with Gasteiger partial charge in [0.1, 0.15) is 11.3 Å². The maximum atomic E-state index is 12.5. The fourth-order valence-electron chi connectivity index (χ4n) is 3.00. The topological polar surface area (TPSA) is 126 Å². The van der Waals surface area contributed by atoms with Crippen LogP contribution >= 0.6 is 0 Å². The Morgan fingerprint density at radius 2 is 1.74 bits per heavy atom. The Morgan fingerprint density at radius 3 is 2.30 bits per heavy atom. The van der Waals surface area contributed by atoms with E-state index in [9.17, 15) is 24.9 Å². The number of phenolic OH excluding ortho intramolecular Hbond substituents is 1. The van der Waals surface area contributed by atoms with Crippen LogP contribution in [0.2, 0.25) is 0 Å². The van der Waals surface area contributed by atoms with Gasteiger partial charge in [0.15, 0.2) is 0 Å². The molecule has 3 aromatic rings. The predicted molar refractivity (Wildman–Crippen MR) is 101 cm³/mol. The van der Waals surface area contributed by atoms with Crippen LogP contribution in [0.3, 0.4) is 0 Å². The number of carbonyl (C=O) groups is 1. The van der Waals surface area contributed by atoms with E-state index in [0.717, 1.165) is 5.56 Å². The highest BCUT2D eigenvalue weighted by Gasteiger charge is 2.25. The second kappa shape index (κ2) is 6.86. The van der Waals surface area contributed by atoms with E-state index in [4.69, 9.17) is 5.73 Å². The maximum Gasteiger partial charge on any atom is 0.254 e. The molecule has 0 aliphatic carbocycles. The van der Waals surface area contributed by atoms with Gasteiger partial charge in [0, 0.05) is 17.3 Å². The molecule has 0 aliphatic heterocycles. The number of benzene rings is 2. The van der Waals surface area contributed by atoms with Crippen molar-refractivity contribution in [2.75, 3.05) is 13.2 Å². The van der Waals surface area contributed by atoms with Gasteiger partial charge in [-0.2, -0.15) is 0 Å². The summed E-state index contributed by atoms with van der Waals surface area (Å²) in [7, 11) is 0. The molecular formula is C20H20N2O5. The third-order valence-corrected chi connectivity index (χ3v) is 4.82. The third kappa shape index (κ3) is 3.07. The molecule has 0 spiro atoms. The van der Waals surface area contributed by atoms with Gasteiger partial charge in [-0.15, -0.1) is 0 Å². The Hall–Kier alpha value is -3.16. The summed E-state index contributed by atoms with van der Waals surface area (Å²) in [4.78, 5) is 24.2. The summed E-state index contributed by atoms with van der Waals surface area (Å²) in [5.74, 6) is -1.12. The summed E-state index contributed by atoms with van der Waals surface area (Å²) >= 11 is 0. The summed E-state index contributed by atoms with van der Waals surface area (Å²) in [6.45, 7) is 1.30. The number of aliphatic hydroxyl groups is 2. The number of primary amides is 1. The lowest BCUT2D eigenvalue weighted by Crippen LogP contribution is -2.30. The number of carbonyl (C=O) groups excluding carboxylic acids is 1. The minimum atomic E-state index is -0.886. The Labute approximate surface area is 154 Å². The van der Waals surface area contributed by atoms with E-state index in [1.54, 1.807) is 47.9 Å². The molecule has 0 saturated heterocycles. The lowest BCUT2D eigenvalue weighted by atomic mass is 9.84. The smallest absolute Gasteiger partial charge is 0.254 e. The van der Waals surface area contributed by atoms with Crippen molar-refractivity contribution >= 4 is 16.8 Å². The van der Waals surface area contributed by atoms with Crippen molar-refractivity contribution in [1.29, 1.82) is 0 Å². The highest BCUT2D eigenvalue weighted by Crippen LogP contribution is 2.27. The lowest BCUT2D eigenvalue weighted by Gasteiger charge is -2.25. The SMILES string of the molecule is CC(CO)(CO)c1ccc(-n2cc(C(N)=O)c(=O)c3c(O)cccc32)cc1. The fraction of sp³-hybridized carbons (Fsp3) is 0.200. The zero-order chi connectivity index (χ0) is 19.8. The fourth-order valence-corrected chi connectivity index (χ4v) is 3.00. The Balaban J connectivity index is 2.26. The van der Waals surface area contributed by atoms with E-state index >= 15 is 0 Å². The van der Waals surface area contributed by atoms with Crippen LogP contribution in [0.1, 0.15) is 22.8 Å². The Kier molecular flexibility index (Phi) is 4.73. The molecule has 1 amide bonds. The first kappa shape index (κ1) is 18.6. The summed E-state index contributed by atoms with van der Waals surface area (Å²) in [6.07, 6.45) is 1.35. The van der Waals surface area contributed by atoms with Crippen LogP contribution in [0.15, 0.2) is 53.5 Å². The van der Waals surface area contributed by atoms with Crippen LogP contribution in [0.25, 0.3) is 16.6 Å². The molecule has 2 aromatic carbocycles. The molecule has 5 N–H and O–H groups in total. The van der Waals surface area contributed by atoms with Crippen LogP contribution in [0.4, 0.5) is 0 Å². The Bertz CT molecular complexity index is 1070. The highest BCUT2D eigenvalue weighted by atomic mass is 16.3. The normalized spacial score (nSPS) is 11.7. The van der Waals surface area contributed by atoms with Crippen LogP contribution in [0, 0.1) is 0 Å². The molecular weight excluding hydrogens is 348 g/mol. The van der Waals surface area contributed by atoms with Crippen molar-refractivity contribution in [2.24, 2.45) is 5.73 Å². The monoisotopic (exact) mass is 368 g/mol. The van der Waals surface area contributed by atoms with E-state index in [1.165, 1.54) is 12.3 Å². The van der Waals surface area contributed by atoms with Crippen molar-refractivity contribution in [3.63, 3.8) is 0 Å². The van der Waals surface area contributed by atoms with E-state index in [0.29, 0.717) is 11.2 Å². The van der Waals surface area contributed by atoms with Crippen molar-refractivity contribution in [2.45, 2.75) is 12.3 Å². The van der Waals surface area contributed by atoms with Crippen molar-refractivity contribution in [3.05, 3.63) is 70.0 Å². The number of amides is 1. The molecule has 3 rings (SSSR count). The molecule has 0 unspecified atom stereocenters. The number of aromatic hydroxyl groups is 1. The number of aliphatic hydroxyl groups excluding tert-OH is 2. The standard InChI is InChI=1S/C20H20N2O5/c1-20(10-23,11-24)12-5-7-13(8-6-12)22-9-14(19(21)27)18(26)17-15(22)3-2-4-16(17)25/h2-9,23-25H,10-11H2,1H3,(H2,21,27). The minimum Gasteiger partial charge on any atom is -0.507 e. The number of hydrogen-bond donors (Lipinski definition) is 4. The molecule has 0 aliphatic rings. The molecule has 1 aromatic heterocycles. The van der Waals surface area contributed by atoms with Gasteiger partial charge >= 0.3 is 0 Å². The van der Waals surface area contributed by atoms with Gasteiger partial charge in [-0.1, -0.05) is 25.1 Å². The van der Waals surface area contributed by atoms with Crippen LogP contribution in [-0.4, -0.2) is 39.0 Å². The molecule has 0 bridgehead atoms. The highest BCUT2D eigenvalue weighted by molar-refractivity contribution is 5.98. The summed E-state index contributed by atoms with van der Waals surface area (Å²) < 4.78 is 1.59. The number of nitrogens with zero attached hydrogens (tertiary/aromatic N) is 1. The molecule has 27 heavy (non-hydrogen) atoms. The first-order valence-electron chi connectivity index (χ1n) is 8.32. The number of fused-ring (bicyclic) bond motifs is 1. The van der Waals surface area contributed by atoms with Crippen molar-refractivity contribution in [3.8, 4) is 11.4 Å². The van der Waals surface area contributed by atoms with Gasteiger partial charge < -0.3 is 25.6 Å². The average Bonchev–Trinajstić information content (AvgIpc) is 2.67. The van der Waals surface area contributed by atoms with Gasteiger partial charge in [0.2, 0.25) is 5.43 Å². The van der Waals surface area contributed by atoms with Gasteiger partial charge in [-0.3, -0.25) is 9.59 Å². The number of phenols is 1. The van der Waals surface area contributed by atoms with E-state index in [2.05, 4.69) is 0 Å². The lowest BCUT2D eigenvalue weighted by molar-refractivity contribution is 0.0999. The number of hydrogen-bond acceptors (Lipinski definition) is 5. The zero-order valence-corrected chi connectivity index (χ0v) is 14.7. The molecule has 0 atom stereocenters. The van der Waals surface area contributed by atoms with Crippen LogP contribution in [-0.2, 0) is 5.41 Å². The number of nitrogens with two attached hydrogens (primary N) is 1. The molecule has 7 nitrogen and oxygen atoms in total. The van der Waals surface area contributed by atoms with Gasteiger partial charge in [-0.05, 0) is 29.8 Å². The second-order valence-corrected chi connectivity index (χ2v) is 6.70. The van der Waals surface area contributed by atoms with Gasteiger partial charge in [0.05, 0.1) is 24.1 Å². The number of rotatable bonds is 5. The first-order valence-corrected chi connectivity index (χ1v) is 8.32. The largest absolute Gasteiger partial charge is 0.507 e. The second-order valence-electron chi connectivity index (χ2n) is 6.70. The molecule has 1 heterocycles. The maximum absolute atomic E-state index is 12.5. The quantitative estimate of drug-likeness (QED) is 0.535. The van der Waals surface area contributed by atoms with Gasteiger partial charge in [-0.25, -0.2) is 0 Å². The summed E-state index contributed by atoms with van der Waals surface area (Å²) in [5, 5.41) is 29.2. The Morgan fingerprint density at radius 1 is 1.11 bits per heavy atom. The van der Waals surface area contributed by atoms with Gasteiger partial charge in [0.25, 0.3) is 5.91 Å². The van der Waals surface area contributed by atoms with Crippen LogP contribution < -0.4 is 11.2 Å². The molecule has 7 heteroatoms. The zero-order valence-electron chi connectivity index (χ0n) is 14.7. The van der Waals surface area contributed by atoms with E-state index in [1.807, 2.05) is 0 Å². The summed E-state index contributed by atoms with van der Waals surface area (Å²) in [5.41, 5.74) is 5.46. The number of pyridine rings is 1. The first-order chi connectivity index (χ1) is 12.8. The molecule has 0 radical (unpaired) electrons. The predicted octanol–water partition coefficient (Wildman–Crippen LogP) is 1.04. The molecule has 0 saturated carbocycles. The van der Waals surface area contributed by atoms with E-state index in [-0.39, 0.29) is 29.9 Å². The summed E-state index contributed by atoms with van der Waals surface area (Å²) in [6, 6.07) is 11.6. The van der Waals surface area contributed by atoms with Crippen molar-refractivity contribution < 1.29 is 20.1 Å². The third-order valence-electron chi connectivity index (χ3n) is 4.82. The van der Waals surface area contributed by atoms with Crippen LogP contribution in [0.5, 0.6) is 5.75 Å². The average molecular weight is 368 g/mol. The molecule has 0 fully saturated rings. The van der Waals surface area contributed by atoms with E-state index < -0.39 is 16.8 Å². The minimum absolute atomic E-state index is 0.00781. The number of aromatic nitrogens is 1. The molecule has 140 valence electrons.